The molecule has 0 spiro atoms. The van der Waals surface area contributed by atoms with E-state index >= 15 is 0 Å². The first-order valence-corrected chi connectivity index (χ1v) is 7.61. The lowest BCUT2D eigenvalue weighted by molar-refractivity contribution is 0.414. The fraction of sp³-hybridized carbons (Fsp3) is 0.375. The molecule has 1 aromatic carbocycles. The van der Waals surface area contributed by atoms with Gasteiger partial charge in [0, 0.05) is 10.9 Å². The van der Waals surface area contributed by atoms with E-state index in [2.05, 4.69) is 41.9 Å². The van der Waals surface area contributed by atoms with Crippen molar-refractivity contribution in [3.63, 3.8) is 0 Å². The minimum Gasteiger partial charge on any atom is -0.497 e. The van der Waals surface area contributed by atoms with Crippen LogP contribution in [0.25, 0.3) is 0 Å². The second-order valence-corrected chi connectivity index (χ2v) is 5.51. The Morgan fingerprint density at radius 1 is 1.26 bits per heavy atom. The smallest absolute Gasteiger partial charge is 0.119 e. The number of hydrogen-bond acceptors (Lipinski definition) is 3. The number of methoxy groups -OCH3 is 1. The van der Waals surface area contributed by atoms with Gasteiger partial charge in [0.1, 0.15) is 5.75 Å². The molecule has 1 unspecified atom stereocenters. The average Bonchev–Trinajstić information content (AvgIpc) is 2.98. The van der Waals surface area contributed by atoms with Crippen LogP contribution in [0.1, 0.15) is 29.8 Å². The van der Waals surface area contributed by atoms with Crippen molar-refractivity contribution in [2.24, 2.45) is 0 Å². The normalized spacial score (nSPS) is 12.3. The van der Waals surface area contributed by atoms with Crippen LogP contribution in [0.4, 0.5) is 0 Å². The third kappa shape index (κ3) is 4.08. The van der Waals surface area contributed by atoms with Crippen molar-refractivity contribution in [2.45, 2.75) is 25.8 Å². The van der Waals surface area contributed by atoms with Gasteiger partial charge in [-0.25, -0.2) is 0 Å². The van der Waals surface area contributed by atoms with Gasteiger partial charge in [-0.15, -0.1) is 11.3 Å². The number of thiophene rings is 1. The Balaban J connectivity index is 1.85. The summed E-state index contributed by atoms with van der Waals surface area (Å²) in [4.78, 5) is 1.42. The molecular weight excluding hydrogens is 254 g/mol. The standard InChI is InChI=1S/C16H21NOS/c1-3-15(16-8-5-11-19-16)17-10-9-13-6-4-7-14(12-13)18-2/h4-8,11-12,15,17H,3,9-10H2,1-2H3. The Kier molecular flexibility index (Phi) is 5.43. The molecule has 0 amide bonds. The molecule has 2 nitrogen and oxygen atoms in total. The molecule has 0 saturated carbocycles. The Hall–Kier alpha value is -1.32. The molecule has 1 atom stereocenters. The highest BCUT2D eigenvalue weighted by molar-refractivity contribution is 7.10. The average molecular weight is 275 g/mol. The van der Waals surface area contributed by atoms with Crippen molar-refractivity contribution < 1.29 is 4.74 Å². The van der Waals surface area contributed by atoms with Gasteiger partial charge in [-0.05, 0) is 48.5 Å². The van der Waals surface area contributed by atoms with Crippen LogP contribution in [0.5, 0.6) is 5.75 Å². The van der Waals surface area contributed by atoms with Crippen molar-refractivity contribution >= 4 is 11.3 Å². The Labute approximate surface area is 119 Å². The molecule has 3 heteroatoms. The van der Waals surface area contributed by atoms with Gasteiger partial charge in [0.15, 0.2) is 0 Å². The minimum atomic E-state index is 0.477. The first-order valence-electron chi connectivity index (χ1n) is 6.73. The molecule has 102 valence electrons. The summed E-state index contributed by atoms with van der Waals surface area (Å²) in [6, 6.07) is 13.1. The van der Waals surface area contributed by atoms with Gasteiger partial charge < -0.3 is 10.1 Å². The van der Waals surface area contributed by atoms with Crippen LogP contribution >= 0.6 is 11.3 Å². The maximum absolute atomic E-state index is 5.24. The topological polar surface area (TPSA) is 21.3 Å². The zero-order valence-electron chi connectivity index (χ0n) is 11.6. The highest BCUT2D eigenvalue weighted by Crippen LogP contribution is 2.21. The van der Waals surface area contributed by atoms with Crippen LogP contribution in [-0.4, -0.2) is 13.7 Å². The van der Waals surface area contributed by atoms with E-state index in [-0.39, 0.29) is 0 Å². The van der Waals surface area contributed by atoms with Gasteiger partial charge in [-0.3, -0.25) is 0 Å². The van der Waals surface area contributed by atoms with Crippen LogP contribution in [-0.2, 0) is 6.42 Å². The largest absolute Gasteiger partial charge is 0.497 e. The van der Waals surface area contributed by atoms with Crippen LogP contribution in [0.15, 0.2) is 41.8 Å². The van der Waals surface area contributed by atoms with E-state index in [1.165, 1.54) is 10.4 Å². The van der Waals surface area contributed by atoms with E-state index in [1.807, 2.05) is 23.5 Å². The Bertz CT molecular complexity index is 481. The monoisotopic (exact) mass is 275 g/mol. The maximum atomic E-state index is 5.24. The Morgan fingerprint density at radius 3 is 2.84 bits per heavy atom. The SMILES string of the molecule is CCC(NCCc1cccc(OC)c1)c1cccs1. The molecule has 2 rings (SSSR count). The molecule has 19 heavy (non-hydrogen) atoms. The van der Waals surface area contributed by atoms with Crippen LogP contribution < -0.4 is 10.1 Å². The van der Waals surface area contributed by atoms with E-state index in [1.54, 1.807) is 7.11 Å². The molecule has 2 aromatic rings. The van der Waals surface area contributed by atoms with Crippen molar-refractivity contribution in [2.75, 3.05) is 13.7 Å². The summed E-state index contributed by atoms with van der Waals surface area (Å²) in [6.07, 6.45) is 2.15. The minimum absolute atomic E-state index is 0.477. The first-order chi connectivity index (χ1) is 9.33. The number of nitrogens with one attached hydrogen (secondary N) is 1. The molecule has 0 fully saturated rings. The zero-order valence-corrected chi connectivity index (χ0v) is 12.4. The number of benzene rings is 1. The molecule has 1 heterocycles. The quantitative estimate of drug-likeness (QED) is 0.823. The van der Waals surface area contributed by atoms with E-state index in [0.717, 1.165) is 25.1 Å². The molecule has 0 aliphatic carbocycles. The van der Waals surface area contributed by atoms with E-state index < -0.39 is 0 Å². The highest BCUT2D eigenvalue weighted by Gasteiger charge is 2.08. The number of rotatable bonds is 7. The second kappa shape index (κ2) is 7.31. The summed E-state index contributed by atoms with van der Waals surface area (Å²) < 4.78 is 5.24. The highest BCUT2D eigenvalue weighted by atomic mass is 32.1. The van der Waals surface area contributed by atoms with Gasteiger partial charge >= 0.3 is 0 Å². The van der Waals surface area contributed by atoms with Crippen LogP contribution in [0, 0.1) is 0 Å². The van der Waals surface area contributed by atoms with Crippen molar-refractivity contribution in [1.29, 1.82) is 0 Å². The summed E-state index contributed by atoms with van der Waals surface area (Å²) in [7, 11) is 1.71. The predicted octanol–water partition coefficient (Wildman–Crippen LogP) is 4.04. The van der Waals surface area contributed by atoms with Gasteiger partial charge in [0.2, 0.25) is 0 Å². The maximum Gasteiger partial charge on any atom is 0.119 e. The van der Waals surface area contributed by atoms with Gasteiger partial charge in [0.05, 0.1) is 7.11 Å². The third-order valence-electron chi connectivity index (χ3n) is 3.23. The molecule has 0 radical (unpaired) electrons. The van der Waals surface area contributed by atoms with Gasteiger partial charge in [-0.2, -0.15) is 0 Å². The van der Waals surface area contributed by atoms with Crippen molar-refractivity contribution in [3.05, 3.63) is 52.2 Å². The summed E-state index contributed by atoms with van der Waals surface area (Å²) in [5.74, 6) is 0.933. The van der Waals surface area contributed by atoms with Gasteiger partial charge in [0.25, 0.3) is 0 Å². The zero-order chi connectivity index (χ0) is 13.5. The van der Waals surface area contributed by atoms with Crippen molar-refractivity contribution in [1.82, 2.24) is 5.32 Å². The molecule has 0 saturated heterocycles. The third-order valence-corrected chi connectivity index (χ3v) is 4.22. The molecule has 0 bridgehead atoms. The lowest BCUT2D eigenvalue weighted by atomic mass is 10.1. The predicted molar refractivity (Wildman–Crippen MR) is 82.1 cm³/mol. The molecule has 0 aliphatic rings. The first kappa shape index (κ1) is 14.1. The second-order valence-electron chi connectivity index (χ2n) is 4.53. The number of hydrogen-bond donors (Lipinski definition) is 1. The lowest BCUT2D eigenvalue weighted by Gasteiger charge is -2.15. The summed E-state index contributed by atoms with van der Waals surface area (Å²) in [5.41, 5.74) is 1.31. The van der Waals surface area contributed by atoms with Crippen molar-refractivity contribution in [3.8, 4) is 5.75 Å². The molecular formula is C16H21NOS. The lowest BCUT2D eigenvalue weighted by Crippen LogP contribution is -2.22. The summed E-state index contributed by atoms with van der Waals surface area (Å²) >= 11 is 1.83. The van der Waals surface area contributed by atoms with Crippen LogP contribution in [0.3, 0.4) is 0 Å². The molecule has 1 aromatic heterocycles. The fourth-order valence-electron chi connectivity index (χ4n) is 2.15. The molecule has 0 aliphatic heterocycles. The van der Waals surface area contributed by atoms with E-state index in [0.29, 0.717) is 6.04 Å². The van der Waals surface area contributed by atoms with Gasteiger partial charge in [-0.1, -0.05) is 25.1 Å². The van der Waals surface area contributed by atoms with Crippen LogP contribution in [0.2, 0.25) is 0 Å². The Morgan fingerprint density at radius 2 is 2.16 bits per heavy atom. The fourth-order valence-corrected chi connectivity index (χ4v) is 3.04. The van der Waals surface area contributed by atoms with E-state index in [4.69, 9.17) is 4.74 Å². The number of ether oxygens (including phenoxy) is 1. The molecule has 1 N–H and O–H groups in total. The summed E-state index contributed by atoms with van der Waals surface area (Å²) in [6.45, 7) is 3.21. The van der Waals surface area contributed by atoms with E-state index in [9.17, 15) is 0 Å². The summed E-state index contributed by atoms with van der Waals surface area (Å²) in [5, 5.41) is 5.77.